The third-order valence-corrected chi connectivity index (χ3v) is 3.96. The number of aryl methyl sites for hydroxylation is 1. The van der Waals surface area contributed by atoms with E-state index in [1.807, 2.05) is 16.4 Å². The maximum atomic E-state index is 4.62. The molecule has 1 aromatic heterocycles. The molecule has 0 fully saturated rings. The molecule has 6 nitrogen and oxygen atoms in total. The van der Waals surface area contributed by atoms with E-state index in [0.717, 1.165) is 56.4 Å². The van der Waals surface area contributed by atoms with Crippen molar-refractivity contribution in [1.82, 2.24) is 25.4 Å². The summed E-state index contributed by atoms with van der Waals surface area (Å²) in [6.45, 7) is 4.72. The van der Waals surface area contributed by atoms with Crippen LogP contribution < -0.4 is 10.6 Å². The monoisotopic (exact) mass is 296 g/mol. The summed E-state index contributed by atoms with van der Waals surface area (Å²) in [6, 6.07) is 0.377. The lowest BCUT2D eigenvalue weighted by Gasteiger charge is -2.25. The van der Waals surface area contributed by atoms with Crippen molar-refractivity contribution in [2.24, 2.45) is 4.99 Å². The molecule has 1 atom stereocenters. The molecule has 7 heteroatoms. The SMILES string of the molecule is CCNC(=NCCCSC)NC1CCc2ncnn2C1. The maximum Gasteiger partial charge on any atom is 0.191 e. The van der Waals surface area contributed by atoms with Gasteiger partial charge in [-0.2, -0.15) is 16.9 Å². The van der Waals surface area contributed by atoms with Crippen molar-refractivity contribution in [3.8, 4) is 0 Å². The second-order valence-corrected chi connectivity index (χ2v) is 5.83. The summed E-state index contributed by atoms with van der Waals surface area (Å²) in [5, 5.41) is 11.1. The Hall–Kier alpha value is -1.24. The summed E-state index contributed by atoms with van der Waals surface area (Å²) in [4.78, 5) is 8.88. The van der Waals surface area contributed by atoms with Crippen LogP contribution in [-0.4, -0.2) is 51.9 Å². The van der Waals surface area contributed by atoms with Gasteiger partial charge >= 0.3 is 0 Å². The first-order valence-electron chi connectivity index (χ1n) is 7.24. The second kappa shape index (κ2) is 8.14. The third-order valence-electron chi connectivity index (χ3n) is 3.27. The van der Waals surface area contributed by atoms with Gasteiger partial charge in [0.2, 0.25) is 0 Å². The molecule has 1 unspecified atom stereocenters. The molecular weight excluding hydrogens is 272 g/mol. The van der Waals surface area contributed by atoms with Gasteiger partial charge in [0.15, 0.2) is 5.96 Å². The average molecular weight is 296 g/mol. The summed E-state index contributed by atoms with van der Waals surface area (Å²) in [6.07, 6.45) is 6.94. The molecule has 0 bridgehead atoms. The number of hydrogen-bond donors (Lipinski definition) is 2. The van der Waals surface area contributed by atoms with E-state index in [1.165, 1.54) is 0 Å². The van der Waals surface area contributed by atoms with Crippen molar-refractivity contribution in [1.29, 1.82) is 0 Å². The number of hydrogen-bond acceptors (Lipinski definition) is 4. The molecule has 2 N–H and O–H groups in total. The molecule has 1 aliphatic rings. The molecule has 0 aliphatic carbocycles. The van der Waals surface area contributed by atoms with Crippen LogP contribution in [0.15, 0.2) is 11.3 Å². The Morgan fingerprint density at radius 2 is 2.50 bits per heavy atom. The normalized spacial score (nSPS) is 18.7. The van der Waals surface area contributed by atoms with Crippen molar-refractivity contribution < 1.29 is 0 Å². The van der Waals surface area contributed by atoms with Gasteiger partial charge < -0.3 is 10.6 Å². The quantitative estimate of drug-likeness (QED) is 0.464. The van der Waals surface area contributed by atoms with Crippen LogP contribution in [0.1, 0.15) is 25.6 Å². The zero-order chi connectivity index (χ0) is 14.2. The maximum absolute atomic E-state index is 4.62. The van der Waals surface area contributed by atoms with Gasteiger partial charge in [-0.15, -0.1) is 0 Å². The Morgan fingerprint density at radius 3 is 3.30 bits per heavy atom. The Labute approximate surface area is 124 Å². The summed E-state index contributed by atoms with van der Waals surface area (Å²) < 4.78 is 1.98. The van der Waals surface area contributed by atoms with Gasteiger partial charge in [0.25, 0.3) is 0 Å². The minimum atomic E-state index is 0.377. The lowest BCUT2D eigenvalue weighted by molar-refractivity contribution is 0.393. The highest BCUT2D eigenvalue weighted by molar-refractivity contribution is 7.98. The van der Waals surface area contributed by atoms with Crippen LogP contribution in [0.5, 0.6) is 0 Å². The predicted molar refractivity (Wildman–Crippen MR) is 84.2 cm³/mol. The van der Waals surface area contributed by atoms with Crippen molar-refractivity contribution in [3.63, 3.8) is 0 Å². The summed E-state index contributed by atoms with van der Waals surface area (Å²) in [7, 11) is 0. The minimum Gasteiger partial charge on any atom is -0.357 e. The van der Waals surface area contributed by atoms with Gasteiger partial charge in [-0.1, -0.05) is 0 Å². The third kappa shape index (κ3) is 4.40. The fourth-order valence-corrected chi connectivity index (χ4v) is 2.69. The molecule has 0 amide bonds. The van der Waals surface area contributed by atoms with Gasteiger partial charge in [0.05, 0.1) is 6.54 Å². The van der Waals surface area contributed by atoms with Crippen LogP contribution in [0.2, 0.25) is 0 Å². The second-order valence-electron chi connectivity index (χ2n) is 4.85. The van der Waals surface area contributed by atoms with Crippen molar-refractivity contribution in [2.45, 2.75) is 38.8 Å². The summed E-state index contributed by atoms with van der Waals surface area (Å²) in [5.74, 6) is 3.17. The lowest BCUT2D eigenvalue weighted by atomic mass is 10.1. The van der Waals surface area contributed by atoms with Gasteiger partial charge in [0, 0.05) is 25.6 Å². The van der Waals surface area contributed by atoms with Crippen LogP contribution >= 0.6 is 11.8 Å². The minimum absolute atomic E-state index is 0.377. The van der Waals surface area contributed by atoms with E-state index in [0.29, 0.717) is 6.04 Å². The predicted octanol–water partition coefficient (Wildman–Crippen LogP) is 0.901. The number of aromatic nitrogens is 3. The number of guanidine groups is 1. The number of fused-ring (bicyclic) bond motifs is 1. The molecule has 0 spiro atoms. The van der Waals surface area contributed by atoms with E-state index in [2.05, 4.69) is 38.9 Å². The zero-order valence-electron chi connectivity index (χ0n) is 12.3. The van der Waals surface area contributed by atoms with Crippen LogP contribution in [0.3, 0.4) is 0 Å². The first kappa shape index (κ1) is 15.2. The number of aliphatic imine (C=N–C) groups is 1. The van der Waals surface area contributed by atoms with E-state index < -0.39 is 0 Å². The molecule has 1 aliphatic heterocycles. The van der Waals surface area contributed by atoms with Gasteiger partial charge in [0.1, 0.15) is 12.2 Å². The molecular formula is C13H24N6S. The van der Waals surface area contributed by atoms with Crippen molar-refractivity contribution >= 4 is 17.7 Å². The fraction of sp³-hybridized carbons (Fsp3) is 0.769. The van der Waals surface area contributed by atoms with Crippen LogP contribution in [0.4, 0.5) is 0 Å². The lowest BCUT2D eigenvalue weighted by Crippen LogP contribution is -2.47. The first-order valence-corrected chi connectivity index (χ1v) is 8.63. The van der Waals surface area contributed by atoms with E-state index >= 15 is 0 Å². The van der Waals surface area contributed by atoms with Crippen LogP contribution in [-0.2, 0) is 13.0 Å². The Balaban J connectivity index is 1.85. The Morgan fingerprint density at radius 1 is 1.60 bits per heavy atom. The van der Waals surface area contributed by atoms with E-state index in [9.17, 15) is 0 Å². The number of thioether (sulfide) groups is 1. The molecule has 1 aromatic rings. The fourth-order valence-electron chi connectivity index (χ4n) is 2.27. The van der Waals surface area contributed by atoms with E-state index in [4.69, 9.17) is 0 Å². The van der Waals surface area contributed by atoms with Gasteiger partial charge in [-0.3, -0.25) is 4.99 Å². The summed E-state index contributed by atoms with van der Waals surface area (Å²) in [5.41, 5.74) is 0. The number of nitrogens with one attached hydrogen (secondary N) is 2. The molecule has 0 saturated carbocycles. The highest BCUT2D eigenvalue weighted by Gasteiger charge is 2.20. The largest absolute Gasteiger partial charge is 0.357 e. The van der Waals surface area contributed by atoms with E-state index in [-0.39, 0.29) is 0 Å². The molecule has 2 heterocycles. The standard InChI is InChI=1S/C13H24N6S/c1-3-14-13(15-7-4-8-20-2)18-11-5-6-12-16-10-17-19(12)9-11/h10-11H,3-9H2,1-2H3,(H2,14,15,18). The molecule has 2 rings (SSSR count). The van der Waals surface area contributed by atoms with E-state index in [1.54, 1.807) is 6.33 Å². The average Bonchev–Trinajstić information content (AvgIpc) is 2.91. The first-order chi connectivity index (χ1) is 9.83. The molecule has 20 heavy (non-hydrogen) atoms. The van der Waals surface area contributed by atoms with Gasteiger partial charge in [-0.25, -0.2) is 9.67 Å². The van der Waals surface area contributed by atoms with Crippen molar-refractivity contribution in [3.05, 3.63) is 12.2 Å². The molecule has 112 valence electrons. The molecule has 0 saturated heterocycles. The zero-order valence-corrected chi connectivity index (χ0v) is 13.1. The number of nitrogens with zero attached hydrogens (tertiary/aromatic N) is 4. The Bertz CT molecular complexity index is 430. The topological polar surface area (TPSA) is 67.1 Å². The summed E-state index contributed by atoms with van der Waals surface area (Å²) >= 11 is 1.87. The van der Waals surface area contributed by atoms with Gasteiger partial charge in [-0.05, 0) is 31.8 Å². The smallest absolute Gasteiger partial charge is 0.191 e. The highest BCUT2D eigenvalue weighted by atomic mass is 32.2. The highest BCUT2D eigenvalue weighted by Crippen LogP contribution is 2.11. The van der Waals surface area contributed by atoms with Crippen LogP contribution in [0, 0.1) is 0 Å². The number of rotatable bonds is 6. The van der Waals surface area contributed by atoms with Crippen LogP contribution in [0.25, 0.3) is 0 Å². The molecule has 0 aromatic carbocycles. The molecule has 0 radical (unpaired) electrons. The Kier molecular flexibility index (Phi) is 6.17. The van der Waals surface area contributed by atoms with Crippen molar-refractivity contribution in [2.75, 3.05) is 25.1 Å².